The minimum absolute atomic E-state index is 0.00526. The number of carbonyl (C=O) groups is 2. The summed E-state index contributed by atoms with van der Waals surface area (Å²) < 4.78 is 14.1. The smallest absolute Gasteiger partial charge is 0.217 e. The molecule has 1 aliphatic rings. The summed E-state index contributed by atoms with van der Waals surface area (Å²) in [5.41, 5.74) is 2.42. The maximum atomic E-state index is 14.1. The SMILES string of the molecule is CC(=O)NC1CCN(c2ccnc(-c3ccc(C(C)=O)c(F)c3)c2)CC1. The Morgan fingerprint density at radius 1 is 1.15 bits per heavy atom. The summed E-state index contributed by atoms with van der Waals surface area (Å²) >= 11 is 0. The molecule has 2 heterocycles. The Balaban J connectivity index is 1.76. The molecule has 0 spiro atoms. The molecule has 0 saturated carbocycles. The van der Waals surface area contributed by atoms with E-state index >= 15 is 0 Å². The molecule has 6 heteroatoms. The summed E-state index contributed by atoms with van der Waals surface area (Å²) in [7, 11) is 0. The first-order valence-electron chi connectivity index (χ1n) is 8.73. The Morgan fingerprint density at radius 2 is 1.88 bits per heavy atom. The Kier molecular flexibility index (Phi) is 5.30. The average Bonchev–Trinajstić information content (AvgIpc) is 2.61. The topological polar surface area (TPSA) is 62.3 Å². The molecule has 1 saturated heterocycles. The molecule has 1 aromatic heterocycles. The van der Waals surface area contributed by atoms with Crippen molar-refractivity contribution in [3.63, 3.8) is 0 Å². The quantitative estimate of drug-likeness (QED) is 0.856. The van der Waals surface area contributed by atoms with E-state index in [4.69, 9.17) is 0 Å². The van der Waals surface area contributed by atoms with Gasteiger partial charge in [0, 0.05) is 43.5 Å². The molecule has 0 radical (unpaired) electrons. The fraction of sp³-hybridized carbons (Fsp3) is 0.350. The summed E-state index contributed by atoms with van der Waals surface area (Å²) in [4.78, 5) is 29.1. The molecule has 1 aromatic carbocycles. The van der Waals surface area contributed by atoms with E-state index in [1.807, 2.05) is 12.1 Å². The minimum Gasteiger partial charge on any atom is -0.371 e. The van der Waals surface area contributed by atoms with E-state index in [2.05, 4.69) is 15.2 Å². The summed E-state index contributed by atoms with van der Waals surface area (Å²) in [5.74, 6) is -0.818. The number of Topliss-reactive ketones (excluding diaryl/α,β-unsaturated/α-hetero) is 1. The van der Waals surface area contributed by atoms with Gasteiger partial charge in [-0.05, 0) is 44.0 Å². The van der Waals surface area contributed by atoms with Gasteiger partial charge in [0.1, 0.15) is 5.82 Å². The van der Waals surface area contributed by atoms with Crippen molar-refractivity contribution in [1.82, 2.24) is 10.3 Å². The van der Waals surface area contributed by atoms with Gasteiger partial charge in [0.2, 0.25) is 5.91 Å². The lowest BCUT2D eigenvalue weighted by atomic mass is 10.0. The average molecular weight is 355 g/mol. The number of anilines is 1. The van der Waals surface area contributed by atoms with Crippen molar-refractivity contribution < 1.29 is 14.0 Å². The molecule has 1 aliphatic heterocycles. The van der Waals surface area contributed by atoms with Crippen LogP contribution < -0.4 is 10.2 Å². The summed E-state index contributed by atoms with van der Waals surface area (Å²) in [5, 5.41) is 2.96. The number of piperidine rings is 1. The molecule has 0 bridgehead atoms. The zero-order chi connectivity index (χ0) is 18.7. The number of nitrogens with zero attached hydrogens (tertiary/aromatic N) is 2. The summed E-state index contributed by atoms with van der Waals surface area (Å²) in [6, 6.07) is 8.66. The highest BCUT2D eigenvalue weighted by Gasteiger charge is 2.20. The highest BCUT2D eigenvalue weighted by atomic mass is 19.1. The summed E-state index contributed by atoms with van der Waals surface area (Å²) in [6.07, 6.45) is 3.49. The van der Waals surface area contributed by atoms with Crippen molar-refractivity contribution in [2.24, 2.45) is 0 Å². The van der Waals surface area contributed by atoms with Gasteiger partial charge in [-0.3, -0.25) is 14.6 Å². The third-order valence-corrected chi connectivity index (χ3v) is 4.66. The number of rotatable bonds is 4. The van der Waals surface area contributed by atoms with Crippen molar-refractivity contribution in [2.75, 3.05) is 18.0 Å². The van der Waals surface area contributed by atoms with Crippen molar-refractivity contribution in [3.8, 4) is 11.3 Å². The lowest BCUT2D eigenvalue weighted by molar-refractivity contribution is -0.119. The van der Waals surface area contributed by atoms with Gasteiger partial charge in [0.05, 0.1) is 11.3 Å². The standard InChI is InChI=1S/C20H22FN3O2/c1-13(25)18-4-3-15(11-19(18)21)20-12-17(5-8-22-20)24-9-6-16(7-10-24)23-14(2)26/h3-5,8,11-12,16H,6-7,9-10H2,1-2H3,(H,23,26). The number of hydrogen-bond donors (Lipinski definition) is 1. The van der Waals surface area contributed by atoms with Crippen LogP contribution in [0, 0.1) is 5.82 Å². The fourth-order valence-corrected chi connectivity index (χ4v) is 3.30. The van der Waals surface area contributed by atoms with Crippen LogP contribution in [-0.2, 0) is 4.79 Å². The van der Waals surface area contributed by atoms with Crippen LogP contribution >= 0.6 is 0 Å². The molecule has 1 fully saturated rings. The minimum atomic E-state index is -0.529. The van der Waals surface area contributed by atoms with E-state index in [1.54, 1.807) is 12.3 Å². The number of ketones is 1. The van der Waals surface area contributed by atoms with Gasteiger partial charge in [0.25, 0.3) is 0 Å². The van der Waals surface area contributed by atoms with Gasteiger partial charge >= 0.3 is 0 Å². The zero-order valence-corrected chi connectivity index (χ0v) is 15.0. The van der Waals surface area contributed by atoms with Gasteiger partial charge in [-0.25, -0.2) is 4.39 Å². The third-order valence-electron chi connectivity index (χ3n) is 4.66. The van der Waals surface area contributed by atoms with E-state index in [0.717, 1.165) is 31.6 Å². The number of hydrogen-bond acceptors (Lipinski definition) is 4. The molecule has 136 valence electrons. The Hall–Kier alpha value is -2.76. The van der Waals surface area contributed by atoms with Crippen LogP contribution in [0.1, 0.15) is 37.0 Å². The van der Waals surface area contributed by atoms with Crippen LogP contribution in [0.2, 0.25) is 0 Å². The molecule has 0 unspecified atom stereocenters. The molecule has 3 rings (SSSR count). The van der Waals surface area contributed by atoms with E-state index in [-0.39, 0.29) is 23.3 Å². The number of aromatic nitrogens is 1. The van der Waals surface area contributed by atoms with E-state index in [0.29, 0.717) is 11.3 Å². The number of benzene rings is 1. The molecule has 2 aromatic rings. The molecule has 0 aliphatic carbocycles. The van der Waals surface area contributed by atoms with Gasteiger partial charge < -0.3 is 10.2 Å². The van der Waals surface area contributed by atoms with Gasteiger partial charge in [-0.15, -0.1) is 0 Å². The van der Waals surface area contributed by atoms with Crippen LogP contribution in [0.4, 0.5) is 10.1 Å². The second-order valence-corrected chi connectivity index (χ2v) is 6.61. The molecule has 1 N–H and O–H groups in total. The maximum Gasteiger partial charge on any atom is 0.217 e. The van der Waals surface area contributed by atoms with Crippen molar-refractivity contribution >= 4 is 17.4 Å². The van der Waals surface area contributed by atoms with Crippen molar-refractivity contribution in [1.29, 1.82) is 0 Å². The number of nitrogens with one attached hydrogen (secondary N) is 1. The monoisotopic (exact) mass is 355 g/mol. The van der Waals surface area contributed by atoms with E-state index in [9.17, 15) is 14.0 Å². The molecule has 26 heavy (non-hydrogen) atoms. The largest absolute Gasteiger partial charge is 0.371 e. The van der Waals surface area contributed by atoms with Crippen molar-refractivity contribution in [3.05, 3.63) is 47.9 Å². The van der Waals surface area contributed by atoms with Crippen LogP contribution in [0.15, 0.2) is 36.5 Å². The van der Waals surface area contributed by atoms with Gasteiger partial charge in [0.15, 0.2) is 5.78 Å². The van der Waals surface area contributed by atoms with Crippen LogP contribution in [-0.4, -0.2) is 35.8 Å². The zero-order valence-electron chi connectivity index (χ0n) is 15.0. The van der Waals surface area contributed by atoms with Crippen LogP contribution in [0.5, 0.6) is 0 Å². The fourth-order valence-electron chi connectivity index (χ4n) is 3.30. The second-order valence-electron chi connectivity index (χ2n) is 6.61. The second kappa shape index (κ2) is 7.64. The molecule has 0 atom stereocenters. The van der Waals surface area contributed by atoms with Gasteiger partial charge in [-0.1, -0.05) is 6.07 Å². The molecule has 1 amide bonds. The number of carbonyl (C=O) groups excluding carboxylic acids is 2. The van der Waals surface area contributed by atoms with E-state index in [1.165, 1.54) is 26.0 Å². The third kappa shape index (κ3) is 4.07. The first-order valence-corrected chi connectivity index (χ1v) is 8.73. The predicted octanol–water partition coefficient (Wildman–Crippen LogP) is 3.20. The Bertz CT molecular complexity index is 830. The Morgan fingerprint density at radius 3 is 2.50 bits per heavy atom. The number of amides is 1. The Labute approximate surface area is 152 Å². The molecular weight excluding hydrogens is 333 g/mol. The molecular formula is C20H22FN3O2. The first kappa shape index (κ1) is 18.0. The lowest BCUT2D eigenvalue weighted by Crippen LogP contribution is -2.44. The lowest BCUT2D eigenvalue weighted by Gasteiger charge is -2.33. The predicted molar refractivity (Wildman–Crippen MR) is 98.7 cm³/mol. The van der Waals surface area contributed by atoms with Gasteiger partial charge in [-0.2, -0.15) is 0 Å². The maximum absolute atomic E-state index is 14.1. The van der Waals surface area contributed by atoms with Crippen LogP contribution in [0.3, 0.4) is 0 Å². The highest BCUT2D eigenvalue weighted by Crippen LogP contribution is 2.26. The number of pyridine rings is 1. The van der Waals surface area contributed by atoms with Crippen LogP contribution in [0.25, 0.3) is 11.3 Å². The normalized spacial score (nSPS) is 15.0. The van der Waals surface area contributed by atoms with E-state index < -0.39 is 5.82 Å². The first-order chi connectivity index (χ1) is 12.4. The molecule has 5 nitrogen and oxygen atoms in total. The van der Waals surface area contributed by atoms with Crippen molar-refractivity contribution in [2.45, 2.75) is 32.7 Å². The highest BCUT2D eigenvalue weighted by molar-refractivity contribution is 5.94. The number of halogens is 1. The summed E-state index contributed by atoms with van der Waals surface area (Å²) in [6.45, 7) is 4.57.